The van der Waals surface area contributed by atoms with Crippen molar-refractivity contribution >= 4 is 23.4 Å². The molecule has 0 aromatic heterocycles. The van der Waals surface area contributed by atoms with E-state index in [4.69, 9.17) is 21.1 Å². The Balaban J connectivity index is 1.46. The number of ether oxygens (including phenoxy) is 2. The molecule has 1 aliphatic heterocycles. The van der Waals surface area contributed by atoms with Crippen molar-refractivity contribution in [3.63, 3.8) is 0 Å². The van der Waals surface area contributed by atoms with Crippen molar-refractivity contribution in [2.24, 2.45) is 0 Å². The van der Waals surface area contributed by atoms with E-state index in [1.165, 1.54) is 0 Å². The monoisotopic (exact) mass is 430 g/mol. The highest BCUT2D eigenvalue weighted by Gasteiger charge is 2.27. The standard InChI is InChI=1S/C23H27ClN2O4/c1-3-29-20-8-4-18(5-9-20)16-22(27)25-12-14-26(15-13-25)23(28)17(2)30-21-10-6-19(24)7-11-21/h4-11,17H,3,12-16H2,1-2H3. The number of nitrogens with zero attached hydrogens (tertiary/aromatic N) is 2. The Labute approximate surface area is 182 Å². The molecule has 7 heteroatoms. The molecular weight excluding hydrogens is 404 g/mol. The molecule has 2 amide bonds. The molecule has 1 aliphatic rings. The summed E-state index contributed by atoms with van der Waals surface area (Å²) in [4.78, 5) is 28.9. The maximum atomic E-state index is 12.7. The lowest BCUT2D eigenvalue weighted by Crippen LogP contribution is -2.53. The third kappa shape index (κ3) is 5.89. The van der Waals surface area contributed by atoms with Crippen LogP contribution in [0.2, 0.25) is 5.02 Å². The Hall–Kier alpha value is -2.73. The van der Waals surface area contributed by atoms with E-state index >= 15 is 0 Å². The summed E-state index contributed by atoms with van der Waals surface area (Å²) >= 11 is 5.87. The molecule has 1 saturated heterocycles. The summed E-state index contributed by atoms with van der Waals surface area (Å²) in [5, 5.41) is 0.618. The second-order valence-electron chi connectivity index (χ2n) is 7.17. The van der Waals surface area contributed by atoms with Crippen molar-refractivity contribution in [3.05, 3.63) is 59.1 Å². The lowest BCUT2D eigenvalue weighted by atomic mass is 10.1. The van der Waals surface area contributed by atoms with Crippen molar-refractivity contribution in [1.82, 2.24) is 9.80 Å². The number of benzene rings is 2. The third-order valence-electron chi connectivity index (χ3n) is 5.01. The van der Waals surface area contributed by atoms with E-state index in [9.17, 15) is 9.59 Å². The van der Waals surface area contributed by atoms with Crippen LogP contribution in [-0.4, -0.2) is 60.5 Å². The fourth-order valence-electron chi connectivity index (χ4n) is 3.36. The maximum Gasteiger partial charge on any atom is 0.263 e. The van der Waals surface area contributed by atoms with Crippen LogP contribution in [0.5, 0.6) is 11.5 Å². The number of hydrogen-bond acceptors (Lipinski definition) is 4. The maximum absolute atomic E-state index is 12.7. The Morgan fingerprint density at radius 2 is 1.50 bits per heavy atom. The first-order valence-corrected chi connectivity index (χ1v) is 10.5. The molecule has 0 aliphatic carbocycles. The molecule has 6 nitrogen and oxygen atoms in total. The van der Waals surface area contributed by atoms with Gasteiger partial charge in [0.15, 0.2) is 6.10 Å². The molecule has 0 N–H and O–H groups in total. The van der Waals surface area contributed by atoms with Crippen LogP contribution in [-0.2, 0) is 16.0 Å². The van der Waals surface area contributed by atoms with Crippen molar-refractivity contribution in [2.75, 3.05) is 32.8 Å². The molecule has 1 heterocycles. The number of halogens is 1. The number of carbonyl (C=O) groups is 2. The molecule has 1 atom stereocenters. The summed E-state index contributed by atoms with van der Waals surface area (Å²) < 4.78 is 11.2. The van der Waals surface area contributed by atoms with Gasteiger partial charge in [0.05, 0.1) is 13.0 Å². The summed E-state index contributed by atoms with van der Waals surface area (Å²) in [6.45, 7) is 6.34. The fraction of sp³-hybridized carbons (Fsp3) is 0.391. The van der Waals surface area contributed by atoms with Crippen LogP contribution in [0.25, 0.3) is 0 Å². The number of rotatable bonds is 7. The summed E-state index contributed by atoms with van der Waals surface area (Å²) in [6.07, 6.45) is -0.256. The van der Waals surface area contributed by atoms with E-state index in [1.807, 2.05) is 36.1 Å². The van der Waals surface area contributed by atoms with Gasteiger partial charge < -0.3 is 19.3 Å². The van der Waals surface area contributed by atoms with Gasteiger partial charge in [-0.05, 0) is 55.8 Å². The fourth-order valence-corrected chi connectivity index (χ4v) is 3.48. The minimum absolute atomic E-state index is 0.0664. The second-order valence-corrected chi connectivity index (χ2v) is 7.61. The SMILES string of the molecule is CCOc1ccc(CC(=O)N2CCN(C(=O)C(C)Oc3ccc(Cl)cc3)CC2)cc1. The van der Waals surface area contributed by atoms with Crippen LogP contribution in [0.4, 0.5) is 0 Å². The highest BCUT2D eigenvalue weighted by Crippen LogP contribution is 2.18. The minimum atomic E-state index is -0.600. The lowest BCUT2D eigenvalue weighted by Gasteiger charge is -2.36. The average Bonchev–Trinajstić information content (AvgIpc) is 2.76. The van der Waals surface area contributed by atoms with Crippen LogP contribution >= 0.6 is 11.6 Å². The van der Waals surface area contributed by atoms with Gasteiger partial charge in [-0.1, -0.05) is 23.7 Å². The van der Waals surface area contributed by atoms with Gasteiger partial charge in [0.2, 0.25) is 5.91 Å². The van der Waals surface area contributed by atoms with Crippen molar-refractivity contribution in [1.29, 1.82) is 0 Å². The van der Waals surface area contributed by atoms with Crippen molar-refractivity contribution in [3.8, 4) is 11.5 Å². The van der Waals surface area contributed by atoms with Crippen LogP contribution < -0.4 is 9.47 Å². The zero-order chi connectivity index (χ0) is 21.5. The minimum Gasteiger partial charge on any atom is -0.494 e. The molecule has 2 aromatic carbocycles. The molecule has 1 unspecified atom stereocenters. The summed E-state index contributed by atoms with van der Waals surface area (Å²) in [5.41, 5.74) is 0.951. The quantitative estimate of drug-likeness (QED) is 0.675. The molecule has 3 rings (SSSR count). The molecule has 30 heavy (non-hydrogen) atoms. The molecule has 0 saturated carbocycles. The molecule has 1 fully saturated rings. The number of piperazine rings is 1. The highest BCUT2D eigenvalue weighted by molar-refractivity contribution is 6.30. The second kappa shape index (κ2) is 10.3. The zero-order valence-electron chi connectivity index (χ0n) is 17.3. The Morgan fingerprint density at radius 3 is 2.10 bits per heavy atom. The summed E-state index contributed by atoms with van der Waals surface area (Å²) in [5.74, 6) is 1.39. The van der Waals surface area contributed by atoms with Gasteiger partial charge in [0.1, 0.15) is 11.5 Å². The first kappa shape index (κ1) is 22.0. The van der Waals surface area contributed by atoms with E-state index in [1.54, 1.807) is 36.1 Å². The molecule has 0 bridgehead atoms. The van der Waals surface area contributed by atoms with Crippen molar-refractivity contribution < 1.29 is 19.1 Å². The van der Waals surface area contributed by atoms with Gasteiger partial charge in [-0.25, -0.2) is 0 Å². The topological polar surface area (TPSA) is 59.1 Å². The van der Waals surface area contributed by atoms with Crippen LogP contribution in [0.3, 0.4) is 0 Å². The molecule has 160 valence electrons. The first-order chi connectivity index (χ1) is 14.5. The summed E-state index contributed by atoms with van der Waals surface area (Å²) in [7, 11) is 0. The van der Waals surface area contributed by atoms with Gasteiger partial charge in [0, 0.05) is 31.2 Å². The predicted molar refractivity (Wildman–Crippen MR) is 116 cm³/mol. The normalized spacial score (nSPS) is 14.9. The number of amides is 2. The van der Waals surface area contributed by atoms with Crippen LogP contribution in [0.1, 0.15) is 19.4 Å². The summed E-state index contributed by atoms with van der Waals surface area (Å²) in [6, 6.07) is 14.5. The van der Waals surface area contributed by atoms with Crippen LogP contribution in [0.15, 0.2) is 48.5 Å². The predicted octanol–water partition coefficient (Wildman–Crippen LogP) is 3.42. The highest BCUT2D eigenvalue weighted by atomic mass is 35.5. The number of carbonyl (C=O) groups excluding carboxylic acids is 2. The van der Waals surface area contributed by atoms with E-state index in [2.05, 4.69) is 0 Å². The Morgan fingerprint density at radius 1 is 0.933 bits per heavy atom. The average molecular weight is 431 g/mol. The zero-order valence-corrected chi connectivity index (χ0v) is 18.1. The van der Waals surface area contributed by atoms with E-state index in [0.29, 0.717) is 50.0 Å². The van der Waals surface area contributed by atoms with Gasteiger partial charge in [-0.3, -0.25) is 9.59 Å². The van der Waals surface area contributed by atoms with Gasteiger partial charge in [-0.15, -0.1) is 0 Å². The van der Waals surface area contributed by atoms with Gasteiger partial charge >= 0.3 is 0 Å². The first-order valence-electron chi connectivity index (χ1n) is 10.2. The van der Waals surface area contributed by atoms with E-state index in [-0.39, 0.29) is 11.8 Å². The molecule has 0 radical (unpaired) electrons. The van der Waals surface area contributed by atoms with E-state index < -0.39 is 6.10 Å². The lowest BCUT2D eigenvalue weighted by molar-refractivity contribution is -0.143. The van der Waals surface area contributed by atoms with Crippen LogP contribution in [0, 0.1) is 0 Å². The number of hydrogen-bond donors (Lipinski definition) is 0. The third-order valence-corrected chi connectivity index (χ3v) is 5.26. The molecular formula is C23H27ClN2O4. The van der Waals surface area contributed by atoms with Gasteiger partial charge in [0.25, 0.3) is 5.91 Å². The Bertz CT molecular complexity index is 847. The smallest absolute Gasteiger partial charge is 0.263 e. The van der Waals surface area contributed by atoms with Crippen molar-refractivity contribution in [2.45, 2.75) is 26.4 Å². The van der Waals surface area contributed by atoms with E-state index in [0.717, 1.165) is 11.3 Å². The molecule has 0 spiro atoms. The molecule has 2 aromatic rings. The van der Waals surface area contributed by atoms with Gasteiger partial charge in [-0.2, -0.15) is 0 Å². The Kier molecular flexibility index (Phi) is 7.57. The largest absolute Gasteiger partial charge is 0.494 e.